The predicted molar refractivity (Wildman–Crippen MR) is 182 cm³/mol. The van der Waals surface area contributed by atoms with Gasteiger partial charge in [0.15, 0.2) is 0 Å². The van der Waals surface area contributed by atoms with Crippen molar-refractivity contribution in [2.75, 3.05) is 25.1 Å². The zero-order chi connectivity index (χ0) is 34.7. The van der Waals surface area contributed by atoms with Crippen molar-refractivity contribution in [1.82, 2.24) is 9.80 Å². The third-order valence-corrected chi connectivity index (χ3v) is 10.3. The number of ether oxygens (including phenoxy) is 2. The molecule has 5 rings (SSSR count). The molecule has 3 aliphatic heterocycles. The second-order valence-corrected chi connectivity index (χ2v) is 13.3. The van der Waals surface area contributed by atoms with Gasteiger partial charge in [-0.1, -0.05) is 54.1 Å². The molecule has 256 valence electrons. The largest absolute Gasteiger partial charge is 0.455 e. The first-order chi connectivity index (χ1) is 23.0. The lowest BCUT2D eigenvalue weighted by atomic mass is 9.70. The molecule has 2 aromatic carbocycles. The van der Waals surface area contributed by atoms with E-state index in [0.29, 0.717) is 35.5 Å². The molecule has 3 saturated heterocycles. The number of fused-ring (bicyclic) bond motifs is 1. The summed E-state index contributed by atoms with van der Waals surface area (Å²) in [6.07, 6.45) is 3.41. The lowest BCUT2D eigenvalue weighted by molar-refractivity contribution is -0.165. The zero-order valence-electron chi connectivity index (χ0n) is 27.7. The minimum absolute atomic E-state index is 0.118. The predicted octanol–water partition coefficient (Wildman–Crippen LogP) is 4.71. The number of carbonyl (C=O) groups is 4. The second-order valence-electron chi connectivity index (χ2n) is 12.9. The van der Waals surface area contributed by atoms with Crippen LogP contribution in [0.5, 0.6) is 0 Å². The Morgan fingerprint density at radius 3 is 2.44 bits per heavy atom. The number of benzene rings is 2. The number of rotatable bonds is 14. The molecule has 0 aromatic heterocycles. The molecule has 8 atom stereocenters. The van der Waals surface area contributed by atoms with Crippen LogP contribution in [0.2, 0.25) is 5.02 Å². The van der Waals surface area contributed by atoms with E-state index in [1.807, 2.05) is 37.3 Å². The van der Waals surface area contributed by atoms with Gasteiger partial charge < -0.3 is 29.3 Å². The van der Waals surface area contributed by atoms with Gasteiger partial charge in [-0.15, -0.1) is 13.2 Å². The van der Waals surface area contributed by atoms with E-state index in [4.69, 9.17) is 21.1 Å². The number of likely N-dealkylation sites (N-methyl/N-ethyl adjacent to an activating group) is 1. The van der Waals surface area contributed by atoms with Gasteiger partial charge in [-0.25, -0.2) is 0 Å². The highest BCUT2D eigenvalue weighted by Gasteiger charge is 2.75. The topological polar surface area (TPSA) is 117 Å². The number of carbonyl (C=O) groups excluding carboxylic acids is 4. The van der Waals surface area contributed by atoms with Crippen molar-refractivity contribution in [3.8, 4) is 0 Å². The van der Waals surface area contributed by atoms with Gasteiger partial charge in [0.25, 0.3) is 5.91 Å². The first-order valence-corrected chi connectivity index (χ1v) is 16.8. The SMILES string of the molecule is C=CCCC(=O)N(C)[C@@H](C)[C@@H](OC(=O)[C@@H]1[C@@H]2CC[C@]3(O2)[C@H](C(=O)N(CC=C)c2ccc(Cl)cc2)N([C@H](C)CO)C(=O)[C@@H]13)c1ccccc1. The minimum Gasteiger partial charge on any atom is -0.455 e. The number of anilines is 1. The molecule has 48 heavy (non-hydrogen) atoms. The van der Waals surface area contributed by atoms with E-state index in [-0.39, 0.29) is 25.5 Å². The van der Waals surface area contributed by atoms with Crippen LogP contribution in [0, 0.1) is 11.8 Å². The third-order valence-electron chi connectivity index (χ3n) is 10.1. The van der Waals surface area contributed by atoms with Crippen LogP contribution in [0.25, 0.3) is 0 Å². The maximum atomic E-state index is 14.6. The van der Waals surface area contributed by atoms with Crippen LogP contribution in [0.4, 0.5) is 5.69 Å². The summed E-state index contributed by atoms with van der Waals surface area (Å²) in [5, 5.41) is 10.7. The summed E-state index contributed by atoms with van der Waals surface area (Å²) < 4.78 is 12.9. The van der Waals surface area contributed by atoms with E-state index in [1.165, 1.54) is 9.80 Å². The Bertz CT molecular complexity index is 1540. The fourth-order valence-electron chi connectivity index (χ4n) is 7.54. The molecule has 2 aromatic rings. The number of esters is 1. The lowest BCUT2D eigenvalue weighted by Crippen LogP contribution is -2.58. The summed E-state index contributed by atoms with van der Waals surface area (Å²) in [7, 11) is 1.68. The van der Waals surface area contributed by atoms with Crippen molar-refractivity contribution in [2.24, 2.45) is 11.8 Å². The number of amides is 3. The van der Waals surface area contributed by atoms with E-state index in [1.54, 1.807) is 55.3 Å². The number of allylic oxidation sites excluding steroid dienone is 1. The Kier molecular flexibility index (Phi) is 10.8. The molecule has 1 spiro atoms. The summed E-state index contributed by atoms with van der Waals surface area (Å²) in [6, 6.07) is 13.6. The average Bonchev–Trinajstić information content (AvgIpc) is 3.75. The second kappa shape index (κ2) is 14.6. The maximum absolute atomic E-state index is 14.6. The molecule has 0 radical (unpaired) electrons. The van der Waals surface area contributed by atoms with Crippen molar-refractivity contribution in [3.05, 3.63) is 90.5 Å². The highest BCUT2D eigenvalue weighted by molar-refractivity contribution is 6.30. The van der Waals surface area contributed by atoms with Gasteiger partial charge in [-0.2, -0.15) is 0 Å². The quantitative estimate of drug-likeness (QED) is 0.227. The Balaban J connectivity index is 1.49. The number of aliphatic hydroxyl groups is 1. The van der Waals surface area contributed by atoms with Crippen molar-refractivity contribution in [2.45, 2.75) is 75.5 Å². The summed E-state index contributed by atoms with van der Waals surface area (Å²) >= 11 is 6.13. The molecule has 0 unspecified atom stereocenters. The number of halogens is 1. The molecular formula is C37H44ClN3O7. The number of nitrogens with zero attached hydrogens (tertiary/aromatic N) is 3. The van der Waals surface area contributed by atoms with Gasteiger partial charge in [0.2, 0.25) is 11.8 Å². The molecular weight excluding hydrogens is 634 g/mol. The van der Waals surface area contributed by atoms with Gasteiger partial charge in [-0.3, -0.25) is 19.2 Å². The summed E-state index contributed by atoms with van der Waals surface area (Å²) in [6.45, 7) is 10.8. The maximum Gasteiger partial charge on any atom is 0.313 e. The normalized spacial score (nSPS) is 25.9. The first-order valence-electron chi connectivity index (χ1n) is 16.4. The van der Waals surface area contributed by atoms with Gasteiger partial charge in [0.1, 0.15) is 17.7 Å². The molecule has 10 nitrogen and oxygen atoms in total. The Hall–Kier alpha value is -3.99. The molecule has 0 aliphatic carbocycles. The molecule has 3 amide bonds. The first kappa shape index (κ1) is 35.3. The Labute approximate surface area is 286 Å². The molecule has 11 heteroatoms. The van der Waals surface area contributed by atoms with Crippen molar-refractivity contribution >= 4 is 41.0 Å². The lowest BCUT2D eigenvalue weighted by Gasteiger charge is -2.38. The summed E-state index contributed by atoms with van der Waals surface area (Å²) in [5.41, 5.74) is -0.0450. The molecule has 3 aliphatic rings. The summed E-state index contributed by atoms with van der Waals surface area (Å²) in [5.74, 6) is -3.57. The summed E-state index contributed by atoms with van der Waals surface area (Å²) in [4.78, 5) is 60.8. The number of hydrogen-bond donors (Lipinski definition) is 1. The van der Waals surface area contributed by atoms with Gasteiger partial charge in [0.05, 0.1) is 36.6 Å². The Morgan fingerprint density at radius 2 is 1.81 bits per heavy atom. The van der Waals surface area contributed by atoms with Crippen LogP contribution < -0.4 is 4.90 Å². The van der Waals surface area contributed by atoms with Crippen LogP contribution in [-0.2, 0) is 28.7 Å². The standard InChI is InChI=1S/C37H44ClN3O7/c1-6-8-14-29(43)39(5)24(4)32(25-12-10-9-11-13-25)47-36(46)30-28-19-20-37(48-28)31(30)34(44)41(23(3)22-42)33(37)35(45)40(21-7-2)27-17-15-26(38)16-18-27/h6-7,9-13,15-18,23-24,28,30-33,42H,1-2,8,14,19-22H2,3-5H3/t23-,24+,28+,30-,31-,32-,33+,37-/m1/s1. The number of hydrogen-bond acceptors (Lipinski definition) is 7. The van der Waals surface area contributed by atoms with Crippen LogP contribution in [0.3, 0.4) is 0 Å². The van der Waals surface area contributed by atoms with E-state index in [9.17, 15) is 24.3 Å². The zero-order valence-corrected chi connectivity index (χ0v) is 28.4. The fourth-order valence-corrected chi connectivity index (χ4v) is 7.67. The van der Waals surface area contributed by atoms with Gasteiger partial charge in [-0.05, 0) is 62.9 Å². The average molecular weight is 678 g/mol. The van der Waals surface area contributed by atoms with Crippen LogP contribution in [0.1, 0.15) is 51.2 Å². The number of aliphatic hydroxyl groups excluding tert-OH is 1. The smallest absolute Gasteiger partial charge is 0.313 e. The highest BCUT2D eigenvalue weighted by Crippen LogP contribution is 2.59. The van der Waals surface area contributed by atoms with Crippen molar-refractivity contribution in [3.63, 3.8) is 0 Å². The molecule has 3 heterocycles. The van der Waals surface area contributed by atoms with Crippen LogP contribution in [0.15, 0.2) is 79.9 Å². The highest BCUT2D eigenvalue weighted by atomic mass is 35.5. The van der Waals surface area contributed by atoms with Crippen LogP contribution in [-0.4, -0.2) is 88.6 Å². The van der Waals surface area contributed by atoms with E-state index in [2.05, 4.69) is 13.2 Å². The Morgan fingerprint density at radius 1 is 1.12 bits per heavy atom. The third kappa shape index (κ3) is 6.29. The van der Waals surface area contributed by atoms with E-state index < -0.39 is 65.6 Å². The number of likely N-dealkylation sites (tertiary alicyclic amines) is 1. The van der Waals surface area contributed by atoms with E-state index in [0.717, 1.165) is 0 Å². The molecule has 1 N–H and O–H groups in total. The molecule has 2 bridgehead atoms. The van der Waals surface area contributed by atoms with Gasteiger partial charge >= 0.3 is 5.97 Å². The molecule has 0 saturated carbocycles. The minimum atomic E-state index is -1.30. The fraction of sp³-hybridized carbons (Fsp3) is 0.459. The van der Waals surface area contributed by atoms with E-state index >= 15 is 0 Å². The molecule has 3 fully saturated rings. The van der Waals surface area contributed by atoms with Crippen LogP contribution >= 0.6 is 11.6 Å². The monoisotopic (exact) mass is 677 g/mol. The van der Waals surface area contributed by atoms with Gasteiger partial charge in [0, 0.05) is 30.7 Å². The van der Waals surface area contributed by atoms with Crippen molar-refractivity contribution < 1.29 is 33.8 Å². The van der Waals surface area contributed by atoms with Crippen molar-refractivity contribution in [1.29, 1.82) is 0 Å².